The van der Waals surface area contributed by atoms with Gasteiger partial charge in [0.15, 0.2) is 0 Å². The highest BCUT2D eigenvalue weighted by atomic mass is 19.1. The molecule has 1 heterocycles. The predicted octanol–water partition coefficient (Wildman–Crippen LogP) is 4.57. The van der Waals surface area contributed by atoms with E-state index in [4.69, 9.17) is 4.74 Å². The van der Waals surface area contributed by atoms with Gasteiger partial charge in [0.25, 0.3) is 5.91 Å². The lowest BCUT2D eigenvalue weighted by Crippen LogP contribution is -2.28. The molecule has 26 heavy (non-hydrogen) atoms. The minimum absolute atomic E-state index is 0.127. The lowest BCUT2D eigenvalue weighted by Gasteiger charge is -2.18. The molecule has 0 aliphatic rings. The first-order valence-corrected chi connectivity index (χ1v) is 8.53. The van der Waals surface area contributed by atoms with E-state index < -0.39 is 0 Å². The number of hydrogen-bond donors (Lipinski definition) is 1. The first kappa shape index (κ1) is 17.9. The maximum atomic E-state index is 13.5. The van der Waals surface area contributed by atoms with Gasteiger partial charge in [-0.3, -0.25) is 9.78 Å². The zero-order valence-corrected chi connectivity index (χ0v) is 15.0. The third-order valence-electron chi connectivity index (χ3n) is 4.38. The molecular weight excluding hydrogens is 331 g/mol. The van der Waals surface area contributed by atoms with Crippen molar-refractivity contribution in [1.29, 1.82) is 0 Å². The first-order chi connectivity index (χ1) is 12.5. The van der Waals surface area contributed by atoms with Crippen LogP contribution in [0.15, 0.2) is 48.5 Å². The summed E-state index contributed by atoms with van der Waals surface area (Å²) in [6.45, 7) is 3.81. The van der Waals surface area contributed by atoms with Crippen LogP contribution in [0.25, 0.3) is 10.9 Å². The van der Waals surface area contributed by atoms with E-state index in [9.17, 15) is 9.18 Å². The van der Waals surface area contributed by atoms with Crippen molar-refractivity contribution >= 4 is 16.8 Å². The van der Waals surface area contributed by atoms with E-state index in [1.807, 2.05) is 31.2 Å². The number of amides is 1. The van der Waals surface area contributed by atoms with E-state index in [-0.39, 0.29) is 17.8 Å². The van der Waals surface area contributed by atoms with Crippen LogP contribution in [0, 0.1) is 12.7 Å². The Hall–Kier alpha value is -2.95. The van der Waals surface area contributed by atoms with Crippen molar-refractivity contribution in [3.63, 3.8) is 0 Å². The number of aryl methyl sites for hydroxylation is 1. The van der Waals surface area contributed by atoms with Gasteiger partial charge in [0.05, 0.1) is 24.2 Å². The molecule has 0 aliphatic heterocycles. The van der Waals surface area contributed by atoms with Crippen LogP contribution in [0.3, 0.4) is 0 Å². The van der Waals surface area contributed by atoms with Gasteiger partial charge in [0.1, 0.15) is 11.6 Å². The zero-order chi connectivity index (χ0) is 18.7. The van der Waals surface area contributed by atoms with Crippen LogP contribution < -0.4 is 10.1 Å². The van der Waals surface area contributed by atoms with Crippen LogP contribution in [0.5, 0.6) is 5.75 Å². The lowest BCUT2D eigenvalue weighted by atomic mass is 10.0. The van der Waals surface area contributed by atoms with Gasteiger partial charge in [0.2, 0.25) is 0 Å². The number of pyridine rings is 1. The lowest BCUT2D eigenvalue weighted by molar-refractivity contribution is 0.0937. The largest absolute Gasteiger partial charge is 0.497 e. The first-order valence-electron chi connectivity index (χ1n) is 8.53. The molecule has 1 N–H and O–H groups in total. The van der Waals surface area contributed by atoms with E-state index >= 15 is 0 Å². The summed E-state index contributed by atoms with van der Waals surface area (Å²) >= 11 is 0. The molecule has 0 saturated heterocycles. The van der Waals surface area contributed by atoms with Gasteiger partial charge in [-0.15, -0.1) is 0 Å². The number of hydrogen-bond acceptors (Lipinski definition) is 3. The second-order valence-electron chi connectivity index (χ2n) is 6.18. The Morgan fingerprint density at radius 2 is 1.92 bits per heavy atom. The molecule has 3 aromatic rings. The van der Waals surface area contributed by atoms with Crippen LogP contribution in [0.1, 0.15) is 41.0 Å². The van der Waals surface area contributed by atoms with Crippen molar-refractivity contribution in [1.82, 2.24) is 10.3 Å². The predicted molar refractivity (Wildman–Crippen MR) is 99.9 cm³/mol. The number of halogens is 1. The Balaban J connectivity index is 1.91. The normalized spacial score (nSPS) is 12.0. The quantitative estimate of drug-likeness (QED) is 0.732. The molecule has 5 heteroatoms. The summed E-state index contributed by atoms with van der Waals surface area (Å²) in [5.41, 5.74) is 2.65. The van der Waals surface area contributed by atoms with Gasteiger partial charge in [0, 0.05) is 17.1 Å². The molecule has 0 fully saturated rings. The molecule has 4 nitrogen and oxygen atoms in total. The van der Waals surface area contributed by atoms with Crippen molar-refractivity contribution in [2.45, 2.75) is 26.3 Å². The molecular formula is C21H21FN2O2. The minimum Gasteiger partial charge on any atom is -0.497 e. The number of nitrogens with one attached hydrogen (secondary N) is 1. The Kier molecular flexibility index (Phi) is 5.16. The summed E-state index contributed by atoms with van der Waals surface area (Å²) in [5, 5.41) is 3.71. The second kappa shape index (κ2) is 7.52. The smallest absolute Gasteiger partial charge is 0.252 e. The van der Waals surface area contributed by atoms with E-state index in [1.165, 1.54) is 12.1 Å². The average Bonchev–Trinajstić information content (AvgIpc) is 2.65. The summed E-state index contributed by atoms with van der Waals surface area (Å²) in [7, 11) is 1.62. The Bertz CT molecular complexity index is 933. The number of aromatic nitrogens is 1. The Morgan fingerprint density at radius 3 is 2.58 bits per heavy atom. The highest BCUT2D eigenvalue weighted by Gasteiger charge is 2.17. The molecule has 1 atom stereocenters. The van der Waals surface area contributed by atoms with Gasteiger partial charge in [-0.05, 0) is 49.2 Å². The van der Waals surface area contributed by atoms with Gasteiger partial charge >= 0.3 is 0 Å². The number of carbonyl (C=O) groups is 1. The molecule has 0 aliphatic carbocycles. The van der Waals surface area contributed by atoms with Crippen molar-refractivity contribution in [2.75, 3.05) is 7.11 Å². The molecule has 2 aromatic carbocycles. The number of ether oxygens (including phenoxy) is 1. The van der Waals surface area contributed by atoms with E-state index in [0.717, 1.165) is 17.7 Å². The van der Waals surface area contributed by atoms with Gasteiger partial charge < -0.3 is 10.1 Å². The Morgan fingerprint density at radius 1 is 1.19 bits per heavy atom. The van der Waals surface area contributed by atoms with Crippen LogP contribution in [-0.4, -0.2) is 18.0 Å². The summed E-state index contributed by atoms with van der Waals surface area (Å²) in [4.78, 5) is 17.2. The SMILES string of the molecule is CCC(NC(=O)c1cc(C)nc2cc(F)ccc12)c1ccc(OC)cc1. The van der Waals surface area contributed by atoms with Crippen LogP contribution >= 0.6 is 0 Å². The molecule has 0 spiro atoms. The molecule has 0 bridgehead atoms. The maximum Gasteiger partial charge on any atom is 0.252 e. The second-order valence-corrected chi connectivity index (χ2v) is 6.18. The van der Waals surface area contributed by atoms with Crippen LogP contribution in [0.4, 0.5) is 4.39 Å². The molecule has 0 saturated carbocycles. The fraction of sp³-hybridized carbons (Fsp3) is 0.238. The van der Waals surface area contributed by atoms with Crippen molar-refractivity contribution in [3.05, 3.63) is 71.2 Å². The number of nitrogens with zero attached hydrogens (tertiary/aromatic N) is 1. The number of fused-ring (bicyclic) bond motifs is 1. The molecule has 1 amide bonds. The van der Waals surface area contributed by atoms with E-state index in [1.54, 1.807) is 26.2 Å². The summed E-state index contributed by atoms with van der Waals surface area (Å²) in [5.74, 6) is 0.203. The third kappa shape index (κ3) is 3.67. The molecule has 134 valence electrons. The fourth-order valence-electron chi connectivity index (χ4n) is 3.02. The molecule has 0 radical (unpaired) electrons. The maximum absolute atomic E-state index is 13.5. The fourth-order valence-corrected chi connectivity index (χ4v) is 3.02. The summed E-state index contributed by atoms with van der Waals surface area (Å²) in [6.07, 6.45) is 0.745. The number of carbonyl (C=O) groups excluding carboxylic acids is 1. The third-order valence-corrected chi connectivity index (χ3v) is 4.38. The number of methoxy groups -OCH3 is 1. The highest BCUT2D eigenvalue weighted by molar-refractivity contribution is 6.06. The average molecular weight is 352 g/mol. The summed E-state index contributed by atoms with van der Waals surface area (Å²) < 4.78 is 18.7. The number of benzene rings is 2. The molecule has 1 unspecified atom stereocenters. The summed E-state index contributed by atoms with van der Waals surface area (Å²) in [6, 6.07) is 13.5. The highest BCUT2D eigenvalue weighted by Crippen LogP contribution is 2.23. The van der Waals surface area contributed by atoms with Crippen molar-refractivity contribution in [3.8, 4) is 5.75 Å². The van der Waals surface area contributed by atoms with Gasteiger partial charge in [-0.25, -0.2) is 4.39 Å². The van der Waals surface area contributed by atoms with E-state index in [0.29, 0.717) is 22.2 Å². The van der Waals surface area contributed by atoms with Gasteiger partial charge in [-0.2, -0.15) is 0 Å². The zero-order valence-electron chi connectivity index (χ0n) is 15.0. The monoisotopic (exact) mass is 352 g/mol. The molecule has 3 rings (SSSR count). The standard InChI is InChI=1S/C21H21FN2O2/c1-4-19(14-5-8-16(26-3)9-6-14)24-21(25)18-11-13(2)23-20-12-15(22)7-10-17(18)20/h5-12,19H,4H2,1-3H3,(H,24,25). The van der Waals surface area contributed by atoms with E-state index in [2.05, 4.69) is 10.3 Å². The topological polar surface area (TPSA) is 51.2 Å². The Labute approximate surface area is 152 Å². The number of rotatable bonds is 5. The van der Waals surface area contributed by atoms with Crippen LogP contribution in [-0.2, 0) is 0 Å². The van der Waals surface area contributed by atoms with Crippen LogP contribution in [0.2, 0.25) is 0 Å². The van der Waals surface area contributed by atoms with Crippen molar-refractivity contribution < 1.29 is 13.9 Å². The minimum atomic E-state index is -0.369. The molecule has 1 aromatic heterocycles. The van der Waals surface area contributed by atoms with Crippen molar-refractivity contribution in [2.24, 2.45) is 0 Å². The van der Waals surface area contributed by atoms with Gasteiger partial charge in [-0.1, -0.05) is 19.1 Å².